The van der Waals surface area contributed by atoms with Crippen LogP contribution in [0.1, 0.15) is 33.1 Å². The largest absolute Gasteiger partial charge is 0.406 e. The monoisotopic (exact) mass is 319 g/mol. The van der Waals surface area contributed by atoms with Crippen molar-refractivity contribution in [3.8, 4) is 0 Å². The fraction of sp³-hybridized carbons (Fsp3) is 1.00. The van der Waals surface area contributed by atoms with E-state index < -0.39 is 17.0 Å². The van der Waals surface area contributed by atoms with Gasteiger partial charge in [-0.3, -0.25) is 0 Å². The molecule has 0 spiro atoms. The molecule has 0 radical (unpaired) electrons. The minimum absolute atomic E-state index is 0.767. The summed E-state index contributed by atoms with van der Waals surface area (Å²) in [4.78, 5) is 0. The van der Waals surface area contributed by atoms with Gasteiger partial charge in [-0.2, -0.15) is 0 Å². The lowest BCUT2D eigenvalue weighted by molar-refractivity contribution is 0.188. The van der Waals surface area contributed by atoms with Crippen molar-refractivity contribution in [3.63, 3.8) is 0 Å². The standard InChI is InChI=1S/C14H33NO3Si2/c1-6-17-20(5,18-7-2)14-9-8-11-15-12-10-13-19(15,4)16-3/h6-14H2,1-5H3. The molecule has 0 aromatic carbocycles. The van der Waals surface area contributed by atoms with Crippen LogP contribution < -0.4 is 0 Å². The summed E-state index contributed by atoms with van der Waals surface area (Å²) < 4.78 is 20.2. The van der Waals surface area contributed by atoms with E-state index >= 15 is 0 Å². The predicted molar refractivity (Wildman–Crippen MR) is 88.5 cm³/mol. The first-order valence-corrected chi connectivity index (χ1v) is 13.2. The van der Waals surface area contributed by atoms with E-state index in [0.29, 0.717) is 0 Å². The molecule has 6 heteroatoms. The molecule has 1 aliphatic heterocycles. The third-order valence-corrected chi connectivity index (χ3v) is 11.4. The van der Waals surface area contributed by atoms with Crippen LogP contribution in [0.3, 0.4) is 0 Å². The minimum atomic E-state index is -1.91. The van der Waals surface area contributed by atoms with E-state index in [1.54, 1.807) is 0 Å². The highest BCUT2D eigenvalue weighted by Gasteiger charge is 2.40. The average Bonchev–Trinajstić information content (AvgIpc) is 2.78. The Morgan fingerprint density at radius 1 is 1.15 bits per heavy atom. The molecule has 1 rings (SSSR count). The Morgan fingerprint density at radius 3 is 2.35 bits per heavy atom. The second-order valence-corrected chi connectivity index (χ2v) is 13.2. The van der Waals surface area contributed by atoms with Gasteiger partial charge in [-0.1, -0.05) is 6.42 Å². The van der Waals surface area contributed by atoms with Crippen LogP contribution in [0.5, 0.6) is 0 Å². The molecule has 1 unspecified atom stereocenters. The molecule has 0 aromatic heterocycles. The summed E-state index contributed by atoms with van der Waals surface area (Å²) in [6, 6.07) is 2.39. The van der Waals surface area contributed by atoms with E-state index in [1.807, 2.05) is 7.11 Å². The molecule has 1 aliphatic rings. The zero-order valence-corrected chi connectivity index (χ0v) is 16.0. The van der Waals surface area contributed by atoms with Crippen LogP contribution in [-0.4, -0.2) is 55.0 Å². The van der Waals surface area contributed by atoms with E-state index in [0.717, 1.165) is 19.3 Å². The van der Waals surface area contributed by atoms with Gasteiger partial charge >= 0.3 is 8.56 Å². The number of rotatable bonds is 10. The van der Waals surface area contributed by atoms with Gasteiger partial charge in [0.15, 0.2) is 0 Å². The van der Waals surface area contributed by atoms with Crippen LogP contribution in [0.2, 0.25) is 25.2 Å². The van der Waals surface area contributed by atoms with E-state index in [2.05, 4.69) is 31.5 Å². The Bertz CT molecular complexity index is 275. The van der Waals surface area contributed by atoms with Gasteiger partial charge in [-0.15, -0.1) is 0 Å². The highest BCUT2D eigenvalue weighted by atomic mass is 28.4. The summed E-state index contributed by atoms with van der Waals surface area (Å²) in [5.74, 6) is 0. The van der Waals surface area contributed by atoms with Crippen molar-refractivity contribution in [2.45, 2.75) is 58.3 Å². The number of hydrogen-bond donors (Lipinski definition) is 0. The average molecular weight is 320 g/mol. The molecule has 0 amide bonds. The SMILES string of the molecule is CCO[Si](C)(CCCCN1CCC[Si]1(C)OC)OCC. The molecule has 0 N–H and O–H groups in total. The number of unbranched alkanes of at least 4 members (excludes halogenated alkanes) is 1. The van der Waals surface area contributed by atoms with E-state index in [4.69, 9.17) is 13.3 Å². The van der Waals surface area contributed by atoms with Crippen molar-refractivity contribution in [1.82, 2.24) is 4.57 Å². The molecular weight excluding hydrogens is 286 g/mol. The Kier molecular flexibility index (Phi) is 7.93. The van der Waals surface area contributed by atoms with Crippen LogP contribution >= 0.6 is 0 Å². The molecule has 0 bridgehead atoms. The second kappa shape index (κ2) is 8.65. The molecule has 20 heavy (non-hydrogen) atoms. The van der Waals surface area contributed by atoms with Gasteiger partial charge in [-0.05, 0) is 65.0 Å². The topological polar surface area (TPSA) is 30.9 Å². The van der Waals surface area contributed by atoms with E-state index in [1.165, 1.54) is 38.4 Å². The lowest BCUT2D eigenvalue weighted by Gasteiger charge is -2.31. The smallest absolute Gasteiger partial charge is 0.334 e. The quantitative estimate of drug-likeness (QED) is 0.456. The van der Waals surface area contributed by atoms with Crippen LogP contribution in [0.15, 0.2) is 0 Å². The summed E-state index contributed by atoms with van der Waals surface area (Å²) in [6.07, 6.45) is 3.74. The summed E-state index contributed by atoms with van der Waals surface area (Å²) in [7, 11) is -1.55. The number of nitrogens with zero attached hydrogens (tertiary/aromatic N) is 1. The fourth-order valence-corrected chi connectivity index (χ4v) is 8.46. The number of hydrogen-bond acceptors (Lipinski definition) is 4. The Morgan fingerprint density at radius 2 is 1.80 bits per heavy atom. The summed E-state index contributed by atoms with van der Waals surface area (Å²) in [5, 5.41) is 0. The normalized spacial score (nSPS) is 24.4. The third-order valence-electron chi connectivity index (χ3n) is 4.39. The third kappa shape index (κ3) is 5.23. The van der Waals surface area contributed by atoms with Gasteiger partial charge in [0.2, 0.25) is 0 Å². The lowest BCUT2D eigenvalue weighted by atomic mass is 10.3. The van der Waals surface area contributed by atoms with E-state index in [9.17, 15) is 0 Å². The van der Waals surface area contributed by atoms with Crippen molar-refractivity contribution in [2.75, 3.05) is 33.4 Å². The van der Waals surface area contributed by atoms with Gasteiger partial charge in [0.25, 0.3) is 8.48 Å². The van der Waals surface area contributed by atoms with Crippen LogP contribution in [0, 0.1) is 0 Å². The first-order valence-electron chi connectivity index (χ1n) is 8.08. The van der Waals surface area contributed by atoms with Crippen LogP contribution in [0.4, 0.5) is 0 Å². The molecule has 0 aromatic rings. The van der Waals surface area contributed by atoms with Crippen molar-refractivity contribution < 1.29 is 13.3 Å². The molecule has 1 fully saturated rings. The molecule has 1 heterocycles. The molecule has 0 saturated carbocycles. The molecule has 1 saturated heterocycles. The van der Waals surface area contributed by atoms with Gasteiger partial charge in [0, 0.05) is 20.3 Å². The van der Waals surface area contributed by atoms with Gasteiger partial charge in [-0.25, -0.2) is 0 Å². The van der Waals surface area contributed by atoms with Crippen molar-refractivity contribution in [1.29, 1.82) is 0 Å². The van der Waals surface area contributed by atoms with Gasteiger partial charge in [0.1, 0.15) is 0 Å². The predicted octanol–water partition coefficient (Wildman–Crippen LogP) is 3.34. The first-order chi connectivity index (χ1) is 9.49. The molecule has 4 nitrogen and oxygen atoms in total. The van der Waals surface area contributed by atoms with Crippen LogP contribution in [-0.2, 0) is 13.3 Å². The summed E-state index contributed by atoms with van der Waals surface area (Å²) in [6.45, 7) is 12.6. The first kappa shape index (κ1) is 18.3. The highest BCUT2D eigenvalue weighted by molar-refractivity contribution is 6.70. The molecular formula is C14H33NO3Si2. The summed E-state index contributed by atoms with van der Waals surface area (Å²) >= 11 is 0. The second-order valence-electron chi connectivity index (χ2n) is 5.93. The molecule has 1 atom stereocenters. The highest BCUT2D eigenvalue weighted by Crippen LogP contribution is 2.27. The minimum Gasteiger partial charge on any atom is -0.406 e. The van der Waals surface area contributed by atoms with Crippen molar-refractivity contribution in [3.05, 3.63) is 0 Å². The fourth-order valence-electron chi connectivity index (χ4n) is 3.12. The maximum atomic E-state index is 5.89. The van der Waals surface area contributed by atoms with Crippen LogP contribution in [0.25, 0.3) is 0 Å². The molecule has 120 valence electrons. The zero-order valence-electron chi connectivity index (χ0n) is 14.0. The van der Waals surface area contributed by atoms with Gasteiger partial charge < -0.3 is 17.8 Å². The Labute approximate surface area is 127 Å². The molecule has 0 aliphatic carbocycles. The van der Waals surface area contributed by atoms with E-state index in [-0.39, 0.29) is 0 Å². The maximum Gasteiger partial charge on any atom is 0.334 e. The zero-order chi connectivity index (χ0) is 15.1. The lowest BCUT2D eigenvalue weighted by Crippen LogP contribution is -2.48. The van der Waals surface area contributed by atoms with Gasteiger partial charge in [0.05, 0.1) is 0 Å². The van der Waals surface area contributed by atoms with Crippen molar-refractivity contribution in [2.24, 2.45) is 0 Å². The van der Waals surface area contributed by atoms with Crippen molar-refractivity contribution >= 4 is 17.0 Å². The maximum absolute atomic E-state index is 5.89. The summed E-state index contributed by atoms with van der Waals surface area (Å²) in [5.41, 5.74) is 0. The Balaban J connectivity index is 2.30. The Hall–Kier alpha value is 0.274.